The predicted octanol–water partition coefficient (Wildman–Crippen LogP) is -0.738. The highest BCUT2D eigenvalue weighted by molar-refractivity contribution is 7.51. The molecule has 0 rings (SSSR count). The zero-order chi connectivity index (χ0) is 9.07. The highest BCUT2D eigenvalue weighted by Crippen LogP contribution is 2.35. The zero-order valence-electron chi connectivity index (χ0n) is 6.34. The first-order valence-electron chi connectivity index (χ1n) is 3.29. The number of nitrogens with two attached hydrogens (primary N) is 1. The first-order valence-corrected chi connectivity index (χ1v) is 5.09. The van der Waals surface area contributed by atoms with E-state index < -0.39 is 19.9 Å². The smallest absolute Gasteiger partial charge is 0.328 e. The van der Waals surface area contributed by atoms with Gasteiger partial charge in [-0.3, -0.25) is 4.57 Å². The van der Waals surface area contributed by atoms with Gasteiger partial charge in [0, 0.05) is 6.04 Å². The lowest BCUT2D eigenvalue weighted by atomic mass is 10.2. The summed E-state index contributed by atoms with van der Waals surface area (Å²) in [6.07, 6.45) is -1.30. The summed E-state index contributed by atoms with van der Waals surface area (Å²) in [5, 5.41) is 8.98. The zero-order valence-corrected chi connectivity index (χ0v) is 7.24. The molecule has 5 nitrogen and oxygen atoms in total. The second-order valence-electron chi connectivity index (χ2n) is 2.71. The second kappa shape index (κ2) is 4.18. The Morgan fingerprint density at radius 3 is 2.27 bits per heavy atom. The van der Waals surface area contributed by atoms with E-state index in [9.17, 15) is 4.57 Å². The van der Waals surface area contributed by atoms with Gasteiger partial charge in [0.05, 0.1) is 12.3 Å². The van der Waals surface area contributed by atoms with E-state index in [1.165, 1.54) is 0 Å². The van der Waals surface area contributed by atoms with Gasteiger partial charge >= 0.3 is 7.60 Å². The van der Waals surface area contributed by atoms with Crippen molar-refractivity contribution in [3.8, 4) is 0 Å². The van der Waals surface area contributed by atoms with Crippen LogP contribution in [-0.2, 0) is 4.57 Å². The average molecular weight is 183 g/mol. The number of rotatable bonds is 4. The van der Waals surface area contributed by atoms with Gasteiger partial charge in [0.1, 0.15) is 0 Å². The van der Waals surface area contributed by atoms with Crippen molar-refractivity contribution < 1.29 is 19.5 Å². The van der Waals surface area contributed by atoms with Gasteiger partial charge in [-0.25, -0.2) is 0 Å². The largest absolute Gasteiger partial charge is 0.392 e. The second-order valence-corrected chi connectivity index (χ2v) is 4.41. The van der Waals surface area contributed by atoms with E-state index >= 15 is 0 Å². The van der Waals surface area contributed by atoms with Crippen molar-refractivity contribution in [3.05, 3.63) is 0 Å². The monoisotopic (exact) mass is 183 g/mol. The minimum absolute atomic E-state index is 0.213. The molecule has 0 heterocycles. The van der Waals surface area contributed by atoms with Gasteiger partial charge < -0.3 is 20.6 Å². The summed E-state index contributed by atoms with van der Waals surface area (Å²) in [5.41, 5.74) is 5.30. The molecule has 2 unspecified atom stereocenters. The van der Waals surface area contributed by atoms with Crippen LogP contribution in [0.2, 0.25) is 0 Å². The molecule has 0 fully saturated rings. The van der Waals surface area contributed by atoms with E-state index in [1.54, 1.807) is 6.92 Å². The van der Waals surface area contributed by atoms with Gasteiger partial charge in [-0.1, -0.05) is 0 Å². The van der Waals surface area contributed by atoms with Crippen LogP contribution in [-0.4, -0.2) is 33.2 Å². The first-order chi connectivity index (χ1) is 4.81. The Balaban J connectivity index is 3.70. The molecule has 11 heavy (non-hydrogen) atoms. The van der Waals surface area contributed by atoms with E-state index in [-0.39, 0.29) is 12.5 Å². The summed E-state index contributed by atoms with van der Waals surface area (Å²) in [4.78, 5) is 16.8. The molecular formula is C5H14NO4P. The molecular weight excluding hydrogens is 169 g/mol. The third kappa shape index (κ3) is 7.97. The maximum absolute atomic E-state index is 10.3. The number of hydrogen-bond donors (Lipinski definition) is 4. The average Bonchev–Trinajstić information content (AvgIpc) is 1.53. The van der Waals surface area contributed by atoms with Gasteiger partial charge in [0.15, 0.2) is 0 Å². The van der Waals surface area contributed by atoms with Gasteiger partial charge in [-0.15, -0.1) is 0 Å². The van der Waals surface area contributed by atoms with Crippen LogP contribution in [0, 0.1) is 0 Å². The Morgan fingerprint density at radius 2 is 2.00 bits per heavy atom. The molecule has 0 aromatic heterocycles. The van der Waals surface area contributed by atoms with Crippen LogP contribution in [0.5, 0.6) is 0 Å². The third-order valence-electron chi connectivity index (χ3n) is 1.09. The molecule has 0 saturated carbocycles. The summed E-state index contributed by atoms with van der Waals surface area (Å²) in [6.45, 7) is 1.67. The van der Waals surface area contributed by atoms with E-state index in [0.717, 1.165) is 0 Å². The summed E-state index contributed by atoms with van der Waals surface area (Å²) in [7, 11) is -4.08. The molecule has 5 N–H and O–H groups in total. The molecule has 0 aromatic carbocycles. The standard InChI is InChI=1S/C5H14NO4P/c1-4(6)2-5(7)3-11(8,9)10/h4-5,7H,2-3,6H2,1H3,(H2,8,9,10). The van der Waals surface area contributed by atoms with Crippen molar-refractivity contribution in [3.63, 3.8) is 0 Å². The maximum Gasteiger partial charge on any atom is 0.328 e. The fraction of sp³-hybridized carbons (Fsp3) is 1.00. The van der Waals surface area contributed by atoms with Crippen LogP contribution in [0.4, 0.5) is 0 Å². The quantitative estimate of drug-likeness (QED) is 0.430. The van der Waals surface area contributed by atoms with Crippen LogP contribution in [0.1, 0.15) is 13.3 Å². The summed E-state index contributed by atoms with van der Waals surface area (Å²) in [6, 6.07) is -0.239. The molecule has 0 aromatic rings. The Morgan fingerprint density at radius 1 is 1.55 bits per heavy atom. The third-order valence-corrected chi connectivity index (χ3v) is 1.99. The van der Waals surface area contributed by atoms with Crippen molar-refractivity contribution in [2.45, 2.75) is 25.5 Å². The SMILES string of the molecule is CC(N)CC(O)CP(=O)(O)O. The summed E-state index contributed by atoms with van der Waals surface area (Å²) in [5.74, 6) is 0. The van der Waals surface area contributed by atoms with Crippen molar-refractivity contribution in [2.75, 3.05) is 6.16 Å². The van der Waals surface area contributed by atoms with Gasteiger partial charge in [-0.05, 0) is 13.3 Å². The molecule has 2 atom stereocenters. The highest BCUT2D eigenvalue weighted by atomic mass is 31.2. The number of aliphatic hydroxyl groups is 1. The fourth-order valence-electron chi connectivity index (χ4n) is 0.778. The minimum atomic E-state index is -4.08. The van der Waals surface area contributed by atoms with Crippen molar-refractivity contribution >= 4 is 7.60 Å². The lowest BCUT2D eigenvalue weighted by molar-refractivity contribution is 0.172. The Kier molecular flexibility index (Phi) is 4.21. The van der Waals surface area contributed by atoms with Crippen molar-refractivity contribution in [2.24, 2.45) is 5.73 Å². The summed E-state index contributed by atoms with van der Waals surface area (Å²) < 4.78 is 10.3. The molecule has 0 radical (unpaired) electrons. The lowest BCUT2D eigenvalue weighted by Crippen LogP contribution is -2.25. The molecule has 0 amide bonds. The number of hydrogen-bond acceptors (Lipinski definition) is 3. The Labute approximate surface area is 65.4 Å². The van der Waals surface area contributed by atoms with Crippen LogP contribution in [0.15, 0.2) is 0 Å². The summed E-state index contributed by atoms with van der Waals surface area (Å²) >= 11 is 0. The molecule has 6 heteroatoms. The van der Waals surface area contributed by atoms with E-state index in [0.29, 0.717) is 0 Å². The van der Waals surface area contributed by atoms with Crippen molar-refractivity contribution in [1.82, 2.24) is 0 Å². The van der Waals surface area contributed by atoms with Gasteiger partial charge in [0.2, 0.25) is 0 Å². The van der Waals surface area contributed by atoms with Crippen molar-refractivity contribution in [1.29, 1.82) is 0 Å². The Hall–Kier alpha value is 0.0700. The maximum atomic E-state index is 10.3. The van der Waals surface area contributed by atoms with Gasteiger partial charge in [0.25, 0.3) is 0 Å². The van der Waals surface area contributed by atoms with Gasteiger partial charge in [-0.2, -0.15) is 0 Å². The molecule has 0 aliphatic carbocycles. The van der Waals surface area contributed by atoms with E-state index in [4.69, 9.17) is 20.6 Å². The fourth-order valence-corrected chi connectivity index (χ4v) is 1.48. The highest BCUT2D eigenvalue weighted by Gasteiger charge is 2.19. The molecule has 0 aliphatic rings. The number of aliphatic hydroxyl groups excluding tert-OH is 1. The topological polar surface area (TPSA) is 104 Å². The lowest BCUT2D eigenvalue weighted by Gasteiger charge is -2.13. The Bertz CT molecular complexity index is 155. The molecule has 0 saturated heterocycles. The molecule has 68 valence electrons. The van der Waals surface area contributed by atoms with E-state index in [2.05, 4.69) is 0 Å². The van der Waals surface area contributed by atoms with Crippen LogP contribution >= 0.6 is 7.60 Å². The molecule has 0 bridgehead atoms. The van der Waals surface area contributed by atoms with E-state index in [1.807, 2.05) is 0 Å². The molecule has 0 spiro atoms. The molecule has 0 aliphatic heterocycles. The van der Waals surface area contributed by atoms with Crippen LogP contribution < -0.4 is 5.73 Å². The van der Waals surface area contributed by atoms with Crippen LogP contribution in [0.25, 0.3) is 0 Å². The van der Waals surface area contributed by atoms with Crippen LogP contribution in [0.3, 0.4) is 0 Å². The normalized spacial score (nSPS) is 17.9. The predicted molar refractivity (Wildman–Crippen MR) is 41.2 cm³/mol. The minimum Gasteiger partial charge on any atom is -0.392 e. The first kappa shape index (κ1) is 11.1.